The molecule has 9 heteroatoms. The van der Waals surface area contributed by atoms with Gasteiger partial charge < -0.3 is 9.47 Å². The van der Waals surface area contributed by atoms with Gasteiger partial charge in [0.15, 0.2) is 11.6 Å². The van der Waals surface area contributed by atoms with Crippen LogP contribution in [-0.4, -0.2) is 36.7 Å². The van der Waals surface area contributed by atoms with E-state index in [1.807, 2.05) is 13.0 Å². The first kappa shape index (κ1) is 24.3. The summed E-state index contributed by atoms with van der Waals surface area (Å²) in [5, 5.41) is 0. The maximum Gasteiger partial charge on any atom is 0.416 e. The Morgan fingerprint density at radius 2 is 1.92 bits per heavy atom. The lowest BCUT2D eigenvalue weighted by Gasteiger charge is -2.24. The zero-order valence-electron chi connectivity index (χ0n) is 19.7. The van der Waals surface area contributed by atoms with Crippen LogP contribution in [0, 0.1) is 6.92 Å². The Labute approximate surface area is 207 Å². The summed E-state index contributed by atoms with van der Waals surface area (Å²) in [6.07, 6.45) is -1.42. The molecule has 0 saturated carbocycles. The van der Waals surface area contributed by atoms with Crippen molar-refractivity contribution in [1.29, 1.82) is 0 Å². The highest BCUT2D eigenvalue weighted by Gasteiger charge is 2.31. The number of alkyl halides is 3. The van der Waals surface area contributed by atoms with Crippen molar-refractivity contribution in [2.75, 3.05) is 19.8 Å². The van der Waals surface area contributed by atoms with Gasteiger partial charge in [0.05, 0.1) is 36.6 Å². The standard InChI is InChI=1S/C27H26F3N3O3/c1-17-5-7-18(8-6-17)11-21-16-35-33-26(32-21)23-13-24(19-9-10-34-15-19)31-14-25(23)36-22-4-2-3-20(12-22)27(28,29)30/h2-8,12-14,19,21H,9-11,15-16H2,1H3,(H,32,33). The highest BCUT2D eigenvalue weighted by Crippen LogP contribution is 2.34. The van der Waals surface area contributed by atoms with Gasteiger partial charge in [-0.25, -0.2) is 5.48 Å². The molecule has 1 fully saturated rings. The molecular weight excluding hydrogens is 471 g/mol. The molecular formula is C27H26F3N3O3. The Balaban J connectivity index is 1.47. The van der Waals surface area contributed by atoms with Crippen molar-refractivity contribution in [3.8, 4) is 11.5 Å². The number of hydrogen-bond donors (Lipinski definition) is 1. The fourth-order valence-electron chi connectivity index (χ4n) is 4.26. The number of hydrogen-bond acceptors (Lipinski definition) is 6. The molecule has 3 heterocycles. The number of aryl methyl sites for hydroxylation is 1. The third kappa shape index (κ3) is 5.68. The first-order valence-corrected chi connectivity index (χ1v) is 11.8. The monoisotopic (exact) mass is 497 g/mol. The minimum absolute atomic E-state index is 0.0540. The summed E-state index contributed by atoms with van der Waals surface area (Å²) in [5.41, 5.74) is 5.78. The Hall–Kier alpha value is -3.43. The fourth-order valence-corrected chi connectivity index (χ4v) is 4.26. The first-order chi connectivity index (χ1) is 17.3. The third-order valence-electron chi connectivity index (χ3n) is 6.23. The third-order valence-corrected chi connectivity index (χ3v) is 6.23. The quantitative estimate of drug-likeness (QED) is 0.481. The van der Waals surface area contributed by atoms with Crippen LogP contribution in [0.4, 0.5) is 13.2 Å². The number of amidine groups is 1. The lowest BCUT2D eigenvalue weighted by Crippen LogP contribution is -2.37. The first-order valence-electron chi connectivity index (χ1n) is 11.8. The van der Waals surface area contributed by atoms with Crippen molar-refractivity contribution in [1.82, 2.24) is 10.5 Å². The Morgan fingerprint density at radius 3 is 2.67 bits per heavy atom. The lowest BCUT2D eigenvalue weighted by atomic mass is 10.0. The number of hydroxylamine groups is 1. The lowest BCUT2D eigenvalue weighted by molar-refractivity contribution is -0.137. The predicted octanol–water partition coefficient (Wildman–Crippen LogP) is 5.60. The summed E-state index contributed by atoms with van der Waals surface area (Å²) in [4.78, 5) is 15.0. The molecule has 2 aromatic carbocycles. The molecule has 0 aliphatic carbocycles. The Kier molecular flexibility index (Phi) is 6.93. The predicted molar refractivity (Wildman–Crippen MR) is 128 cm³/mol. The molecule has 0 radical (unpaired) electrons. The number of ether oxygens (including phenoxy) is 2. The van der Waals surface area contributed by atoms with Crippen LogP contribution in [0.5, 0.6) is 11.5 Å². The van der Waals surface area contributed by atoms with Gasteiger partial charge in [0.1, 0.15) is 5.75 Å². The number of nitrogens with zero attached hydrogens (tertiary/aromatic N) is 2. The second kappa shape index (κ2) is 10.3. The van der Waals surface area contributed by atoms with Crippen LogP contribution in [0.15, 0.2) is 65.8 Å². The molecule has 0 spiro atoms. The van der Waals surface area contributed by atoms with Gasteiger partial charge in [-0.1, -0.05) is 35.9 Å². The van der Waals surface area contributed by atoms with Crippen molar-refractivity contribution in [3.05, 3.63) is 88.7 Å². The zero-order valence-corrected chi connectivity index (χ0v) is 19.7. The van der Waals surface area contributed by atoms with Gasteiger partial charge in [-0.2, -0.15) is 13.2 Å². The average Bonchev–Trinajstić information content (AvgIpc) is 3.41. The molecule has 5 rings (SSSR count). The van der Waals surface area contributed by atoms with E-state index >= 15 is 0 Å². The summed E-state index contributed by atoms with van der Waals surface area (Å²) in [6.45, 7) is 3.64. The van der Waals surface area contributed by atoms with Crippen molar-refractivity contribution in [2.45, 2.75) is 37.9 Å². The number of nitrogens with one attached hydrogen (secondary N) is 1. The van der Waals surface area contributed by atoms with E-state index in [1.54, 1.807) is 0 Å². The van der Waals surface area contributed by atoms with Crippen molar-refractivity contribution < 1.29 is 27.5 Å². The molecule has 2 aliphatic rings. The molecule has 1 N–H and O–H groups in total. The summed E-state index contributed by atoms with van der Waals surface area (Å²) in [5.74, 6) is 0.906. The SMILES string of the molecule is Cc1ccc(CC2CONC(c3cc(C4CCOC4)ncc3Oc3cccc(C(F)(F)F)c3)=N2)cc1. The second-order valence-electron chi connectivity index (χ2n) is 9.03. The molecule has 2 atom stereocenters. The van der Waals surface area contributed by atoms with Crippen molar-refractivity contribution >= 4 is 5.84 Å². The largest absolute Gasteiger partial charge is 0.455 e. The second-order valence-corrected chi connectivity index (χ2v) is 9.03. The number of pyridine rings is 1. The highest BCUT2D eigenvalue weighted by molar-refractivity contribution is 6.01. The van der Waals surface area contributed by atoms with Gasteiger partial charge >= 0.3 is 6.18 Å². The van der Waals surface area contributed by atoms with Crippen LogP contribution in [0.25, 0.3) is 0 Å². The van der Waals surface area contributed by atoms with Crippen molar-refractivity contribution in [3.63, 3.8) is 0 Å². The van der Waals surface area contributed by atoms with E-state index in [2.05, 4.69) is 34.7 Å². The molecule has 0 amide bonds. The van der Waals surface area contributed by atoms with Gasteiger partial charge in [0.2, 0.25) is 0 Å². The van der Waals surface area contributed by atoms with Gasteiger partial charge in [0, 0.05) is 18.2 Å². The van der Waals surface area contributed by atoms with Gasteiger partial charge in [-0.05, 0) is 49.6 Å². The van der Waals surface area contributed by atoms with Gasteiger partial charge in [-0.3, -0.25) is 14.8 Å². The van der Waals surface area contributed by atoms with Gasteiger partial charge in [-0.15, -0.1) is 0 Å². The van der Waals surface area contributed by atoms with E-state index in [-0.39, 0.29) is 23.5 Å². The zero-order chi connectivity index (χ0) is 25.1. The molecule has 3 aromatic rings. The maximum atomic E-state index is 13.2. The van der Waals surface area contributed by atoms with Crippen molar-refractivity contribution in [2.24, 2.45) is 4.99 Å². The van der Waals surface area contributed by atoms with E-state index < -0.39 is 11.7 Å². The fraction of sp³-hybridized carbons (Fsp3) is 0.333. The number of aromatic nitrogens is 1. The van der Waals surface area contributed by atoms with E-state index in [0.717, 1.165) is 29.8 Å². The normalized spacial score (nSPS) is 20.1. The molecule has 2 aliphatic heterocycles. The molecule has 188 valence electrons. The van der Waals surface area contributed by atoms with Crippen LogP contribution < -0.4 is 10.2 Å². The summed E-state index contributed by atoms with van der Waals surface area (Å²) in [6, 6.07) is 14.7. The minimum atomic E-state index is -4.47. The number of benzene rings is 2. The maximum absolute atomic E-state index is 13.2. The molecule has 6 nitrogen and oxygen atoms in total. The van der Waals surface area contributed by atoms with Crippen LogP contribution in [-0.2, 0) is 22.2 Å². The number of halogens is 3. The van der Waals surface area contributed by atoms with Crippen LogP contribution in [0.3, 0.4) is 0 Å². The number of rotatable bonds is 6. The molecule has 1 saturated heterocycles. The summed E-state index contributed by atoms with van der Waals surface area (Å²) >= 11 is 0. The van der Waals surface area contributed by atoms with E-state index in [4.69, 9.17) is 19.3 Å². The Bertz CT molecular complexity index is 1240. The Morgan fingerprint density at radius 1 is 1.08 bits per heavy atom. The van der Waals surface area contributed by atoms with Crippen LogP contribution in [0.2, 0.25) is 0 Å². The smallest absolute Gasteiger partial charge is 0.416 e. The van der Waals surface area contributed by atoms with Crippen LogP contribution in [0.1, 0.15) is 40.3 Å². The average molecular weight is 498 g/mol. The summed E-state index contributed by atoms with van der Waals surface area (Å²) < 4.78 is 51.1. The minimum Gasteiger partial charge on any atom is -0.455 e. The summed E-state index contributed by atoms with van der Waals surface area (Å²) in [7, 11) is 0. The van der Waals surface area contributed by atoms with E-state index in [1.165, 1.54) is 23.9 Å². The number of aliphatic imine (C=N–C) groups is 1. The molecule has 36 heavy (non-hydrogen) atoms. The van der Waals surface area contributed by atoms with Gasteiger partial charge in [0.25, 0.3) is 0 Å². The molecule has 2 unspecified atom stereocenters. The highest BCUT2D eigenvalue weighted by atomic mass is 19.4. The molecule has 0 bridgehead atoms. The van der Waals surface area contributed by atoms with E-state index in [0.29, 0.717) is 37.6 Å². The molecule has 1 aromatic heterocycles. The van der Waals surface area contributed by atoms with E-state index in [9.17, 15) is 13.2 Å². The topological polar surface area (TPSA) is 65.0 Å². The van der Waals surface area contributed by atoms with Crippen LogP contribution >= 0.6 is 0 Å².